The molecular formula is C34H25ClN2O6S. The van der Waals surface area contributed by atoms with Gasteiger partial charge in [0.05, 0.1) is 41.1 Å². The van der Waals surface area contributed by atoms with Crippen molar-refractivity contribution in [2.45, 2.75) is 13.0 Å². The number of benzene rings is 3. The third-order valence-electron chi connectivity index (χ3n) is 7.04. The van der Waals surface area contributed by atoms with Crippen molar-refractivity contribution < 1.29 is 23.5 Å². The summed E-state index contributed by atoms with van der Waals surface area (Å²) in [4.78, 5) is 45.2. The van der Waals surface area contributed by atoms with Crippen molar-refractivity contribution in [3.05, 3.63) is 144 Å². The van der Waals surface area contributed by atoms with Crippen LogP contribution in [0.5, 0.6) is 0 Å². The van der Waals surface area contributed by atoms with Crippen LogP contribution >= 0.6 is 22.9 Å². The fraction of sp³-hybridized carbons (Fsp3) is 0.118. The van der Waals surface area contributed by atoms with Gasteiger partial charge in [-0.2, -0.15) is 0 Å². The Morgan fingerprint density at radius 1 is 1.00 bits per heavy atom. The van der Waals surface area contributed by atoms with Crippen LogP contribution in [0.3, 0.4) is 0 Å². The Bertz CT molecular complexity index is 2090. The van der Waals surface area contributed by atoms with Gasteiger partial charge in [0.2, 0.25) is 0 Å². The van der Waals surface area contributed by atoms with E-state index in [-0.39, 0.29) is 17.7 Å². The van der Waals surface area contributed by atoms with Gasteiger partial charge in [-0.15, -0.1) is 0 Å². The van der Waals surface area contributed by atoms with Crippen LogP contribution in [0.4, 0.5) is 0 Å². The van der Waals surface area contributed by atoms with Crippen molar-refractivity contribution in [3.63, 3.8) is 0 Å². The number of hydrogen-bond donors (Lipinski definition) is 0. The predicted octanol–water partition coefficient (Wildman–Crippen LogP) is 5.64. The maximum atomic E-state index is 14.1. The monoisotopic (exact) mass is 624 g/mol. The summed E-state index contributed by atoms with van der Waals surface area (Å²) in [5.74, 6) is -0.317. The number of thiazole rings is 1. The molecule has 3 aromatic carbocycles. The number of carbonyl (C=O) groups excluding carboxylic acids is 2. The zero-order valence-corrected chi connectivity index (χ0v) is 25.2. The molecule has 1 aliphatic heterocycles. The van der Waals surface area contributed by atoms with Crippen LogP contribution < -0.4 is 14.9 Å². The third kappa shape index (κ3) is 5.43. The summed E-state index contributed by atoms with van der Waals surface area (Å²) in [6.07, 6.45) is 1.62. The number of esters is 2. The van der Waals surface area contributed by atoms with Crippen molar-refractivity contribution in [2.24, 2.45) is 4.99 Å². The number of halogens is 1. The van der Waals surface area contributed by atoms with E-state index < -0.39 is 18.0 Å². The molecule has 0 bridgehead atoms. The lowest BCUT2D eigenvalue weighted by Gasteiger charge is -2.25. The number of furan rings is 1. The largest absolute Gasteiger partial charge is 0.465 e. The molecule has 0 spiro atoms. The Kier molecular flexibility index (Phi) is 8.15. The Labute approximate surface area is 260 Å². The Morgan fingerprint density at radius 3 is 2.43 bits per heavy atom. The van der Waals surface area contributed by atoms with E-state index in [1.165, 1.54) is 23.0 Å². The SMILES string of the molecule is CCOC(=O)C1=C(c2ccccc2)N=c2s/c(=C/c3ccc(-c4cc(Cl)ccc4C(=O)OC)o3)c(=O)n2[C@@H]1c1ccccc1. The zero-order valence-electron chi connectivity index (χ0n) is 23.7. The molecule has 1 aliphatic rings. The lowest BCUT2D eigenvalue weighted by atomic mass is 9.93. The minimum atomic E-state index is -0.773. The van der Waals surface area contributed by atoms with E-state index >= 15 is 0 Å². The van der Waals surface area contributed by atoms with Gasteiger partial charge in [-0.3, -0.25) is 9.36 Å². The topological polar surface area (TPSA) is 100 Å². The molecule has 3 heterocycles. The van der Waals surface area contributed by atoms with Gasteiger partial charge < -0.3 is 13.9 Å². The van der Waals surface area contributed by atoms with Gasteiger partial charge in [0.1, 0.15) is 11.5 Å². The van der Waals surface area contributed by atoms with Crippen molar-refractivity contribution in [1.82, 2.24) is 4.57 Å². The molecule has 5 aromatic rings. The highest BCUT2D eigenvalue weighted by Crippen LogP contribution is 2.35. The van der Waals surface area contributed by atoms with E-state index in [4.69, 9.17) is 30.5 Å². The summed E-state index contributed by atoms with van der Waals surface area (Å²) in [5, 5.41) is 0.423. The van der Waals surface area contributed by atoms with Gasteiger partial charge >= 0.3 is 11.9 Å². The summed E-state index contributed by atoms with van der Waals surface area (Å²) < 4.78 is 18.3. The Hall–Kier alpha value is -4.99. The average Bonchev–Trinajstić information content (AvgIpc) is 3.64. The zero-order chi connectivity index (χ0) is 30.8. The molecule has 0 N–H and O–H groups in total. The first-order chi connectivity index (χ1) is 21.4. The van der Waals surface area contributed by atoms with Crippen molar-refractivity contribution in [1.29, 1.82) is 0 Å². The number of aromatic nitrogens is 1. The van der Waals surface area contributed by atoms with Gasteiger partial charge in [-0.1, -0.05) is 83.6 Å². The maximum absolute atomic E-state index is 14.1. The number of ether oxygens (including phenoxy) is 2. The number of fused-ring (bicyclic) bond motifs is 1. The normalized spacial score (nSPS) is 14.6. The summed E-state index contributed by atoms with van der Waals surface area (Å²) in [6, 6.07) is 26.1. The van der Waals surface area contributed by atoms with Gasteiger partial charge in [0.15, 0.2) is 4.80 Å². The average molecular weight is 625 g/mol. The molecule has 44 heavy (non-hydrogen) atoms. The van der Waals surface area contributed by atoms with E-state index in [1.807, 2.05) is 60.7 Å². The quantitative estimate of drug-likeness (QED) is 0.218. The molecule has 0 saturated heterocycles. The van der Waals surface area contributed by atoms with E-state index in [0.717, 1.165) is 11.1 Å². The number of nitrogens with zero attached hydrogens (tertiary/aromatic N) is 2. The highest BCUT2D eigenvalue weighted by molar-refractivity contribution is 7.07. The third-order valence-corrected chi connectivity index (χ3v) is 8.26. The first-order valence-corrected chi connectivity index (χ1v) is 14.9. The molecule has 0 aliphatic carbocycles. The van der Waals surface area contributed by atoms with Crippen molar-refractivity contribution in [3.8, 4) is 11.3 Å². The van der Waals surface area contributed by atoms with Crippen molar-refractivity contribution in [2.75, 3.05) is 13.7 Å². The fourth-order valence-corrected chi connectivity index (χ4v) is 6.26. The molecule has 0 amide bonds. The van der Waals surface area contributed by atoms with E-state index in [9.17, 15) is 14.4 Å². The van der Waals surface area contributed by atoms with Crippen LogP contribution in [0.25, 0.3) is 23.1 Å². The first-order valence-electron chi connectivity index (χ1n) is 13.7. The van der Waals surface area contributed by atoms with E-state index in [0.29, 0.717) is 42.7 Å². The second kappa shape index (κ2) is 12.3. The molecule has 0 fully saturated rings. The fourth-order valence-electron chi connectivity index (χ4n) is 5.10. The van der Waals surface area contributed by atoms with Gasteiger partial charge in [-0.05, 0) is 42.8 Å². The van der Waals surface area contributed by atoms with Gasteiger partial charge in [0.25, 0.3) is 5.56 Å². The lowest BCUT2D eigenvalue weighted by Crippen LogP contribution is -2.39. The molecule has 10 heteroatoms. The van der Waals surface area contributed by atoms with Gasteiger partial charge in [0, 0.05) is 22.2 Å². The molecule has 0 saturated carbocycles. The minimum Gasteiger partial charge on any atom is -0.465 e. The molecule has 0 radical (unpaired) electrons. The second-order valence-corrected chi connectivity index (χ2v) is 11.2. The van der Waals surface area contributed by atoms with Crippen LogP contribution in [-0.2, 0) is 14.3 Å². The van der Waals surface area contributed by atoms with Crippen molar-refractivity contribution >= 4 is 46.6 Å². The molecular weight excluding hydrogens is 600 g/mol. The summed E-state index contributed by atoms with van der Waals surface area (Å²) in [6.45, 7) is 1.91. The van der Waals surface area contributed by atoms with Crippen LogP contribution in [0.15, 0.2) is 111 Å². The molecule has 2 aromatic heterocycles. The Morgan fingerprint density at radius 2 is 1.73 bits per heavy atom. The number of rotatable bonds is 7. The van der Waals surface area contributed by atoms with Gasteiger partial charge in [-0.25, -0.2) is 14.6 Å². The smallest absolute Gasteiger partial charge is 0.338 e. The number of methoxy groups -OCH3 is 1. The summed E-state index contributed by atoms with van der Waals surface area (Å²) in [7, 11) is 1.30. The number of carbonyl (C=O) groups is 2. The van der Waals surface area contributed by atoms with E-state index in [2.05, 4.69) is 0 Å². The predicted molar refractivity (Wildman–Crippen MR) is 168 cm³/mol. The molecule has 8 nitrogen and oxygen atoms in total. The van der Waals surface area contributed by atoms with E-state index in [1.54, 1.807) is 43.3 Å². The van der Waals surface area contributed by atoms with Crippen LogP contribution in [-0.4, -0.2) is 30.2 Å². The highest BCUT2D eigenvalue weighted by Gasteiger charge is 2.35. The second-order valence-electron chi connectivity index (χ2n) is 9.73. The van der Waals surface area contributed by atoms with Crippen LogP contribution in [0.1, 0.15) is 40.2 Å². The molecule has 1 atom stereocenters. The molecule has 6 rings (SSSR count). The number of hydrogen-bond acceptors (Lipinski definition) is 8. The van der Waals surface area contributed by atoms with Crippen LogP contribution in [0, 0.1) is 0 Å². The maximum Gasteiger partial charge on any atom is 0.338 e. The standard InChI is InChI=1S/C34H25ClN2O6S/c1-3-42-33(40)28-29(20-10-6-4-7-11-20)36-34-37(30(28)21-12-8-5-9-13-21)31(38)27(44-34)19-23-15-17-26(43-23)25-18-22(35)14-16-24(25)32(39)41-2/h4-19,30H,3H2,1-2H3/b27-19+/t30-/m1/s1. The molecule has 0 unspecified atom stereocenters. The minimum absolute atomic E-state index is 0.168. The Balaban J connectivity index is 1.53. The summed E-state index contributed by atoms with van der Waals surface area (Å²) in [5.41, 5.74) is 2.60. The van der Waals surface area contributed by atoms with Crippen LogP contribution in [0.2, 0.25) is 5.02 Å². The molecule has 220 valence electrons. The highest BCUT2D eigenvalue weighted by atomic mass is 35.5. The lowest BCUT2D eigenvalue weighted by molar-refractivity contribution is -0.138. The summed E-state index contributed by atoms with van der Waals surface area (Å²) >= 11 is 7.40. The first kappa shape index (κ1) is 29.1.